The van der Waals surface area contributed by atoms with Gasteiger partial charge in [0.05, 0.1) is 6.61 Å². The summed E-state index contributed by atoms with van der Waals surface area (Å²) in [5.41, 5.74) is 2.07. The molecule has 2 amide bonds. The molecule has 0 aromatic heterocycles. The topological polar surface area (TPSA) is 78.6 Å². The van der Waals surface area contributed by atoms with E-state index in [9.17, 15) is 4.79 Å². The predicted molar refractivity (Wildman–Crippen MR) is 50.9 cm³/mol. The molecule has 0 saturated heterocycles. The standard InChI is InChI=1S/C8H19N3O2/c1-3-7(4-2)11(5-6-12)8(13)10-9/h7,12H,3-6,9H2,1-2H3,(H,10,13). The molecule has 5 nitrogen and oxygen atoms in total. The van der Waals surface area contributed by atoms with Crippen molar-refractivity contribution < 1.29 is 9.90 Å². The van der Waals surface area contributed by atoms with Crippen molar-refractivity contribution in [2.75, 3.05) is 13.2 Å². The van der Waals surface area contributed by atoms with Crippen molar-refractivity contribution in [2.45, 2.75) is 32.7 Å². The Labute approximate surface area is 78.9 Å². The summed E-state index contributed by atoms with van der Waals surface area (Å²) in [6, 6.07) is -0.182. The first kappa shape index (κ1) is 12.2. The molecule has 0 fully saturated rings. The summed E-state index contributed by atoms with van der Waals surface area (Å²) in [7, 11) is 0. The number of urea groups is 1. The Hall–Kier alpha value is -0.810. The number of nitrogens with two attached hydrogens (primary N) is 1. The average Bonchev–Trinajstić information content (AvgIpc) is 2.17. The van der Waals surface area contributed by atoms with Crippen LogP contribution in [0.25, 0.3) is 0 Å². The number of nitrogens with zero attached hydrogens (tertiary/aromatic N) is 1. The molecule has 0 aromatic rings. The van der Waals surface area contributed by atoms with Crippen molar-refractivity contribution in [1.29, 1.82) is 0 Å². The van der Waals surface area contributed by atoms with Crippen LogP contribution in [0, 0.1) is 0 Å². The van der Waals surface area contributed by atoms with E-state index in [-0.39, 0.29) is 18.7 Å². The number of nitrogens with one attached hydrogen (secondary N) is 1. The van der Waals surface area contributed by atoms with Gasteiger partial charge in [0.2, 0.25) is 0 Å². The second-order valence-electron chi connectivity index (χ2n) is 2.84. The highest BCUT2D eigenvalue weighted by atomic mass is 16.3. The molecule has 0 bridgehead atoms. The van der Waals surface area contributed by atoms with Gasteiger partial charge in [0, 0.05) is 12.6 Å². The first-order valence-electron chi connectivity index (χ1n) is 4.59. The zero-order chi connectivity index (χ0) is 10.3. The Morgan fingerprint density at radius 1 is 1.54 bits per heavy atom. The van der Waals surface area contributed by atoms with Gasteiger partial charge in [0.1, 0.15) is 0 Å². The third-order valence-electron chi connectivity index (χ3n) is 2.11. The van der Waals surface area contributed by atoms with Gasteiger partial charge in [0.15, 0.2) is 0 Å². The van der Waals surface area contributed by atoms with Crippen molar-refractivity contribution >= 4 is 6.03 Å². The molecule has 0 aliphatic carbocycles. The van der Waals surface area contributed by atoms with E-state index in [2.05, 4.69) is 5.43 Å². The lowest BCUT2D eigenvalue weighted by Gasteiger charge is -2.29. The third-order valence-corrected chi connectivity index (χ3v) is 2.11. The summed E-state index contributed by atoms with van der Waals surface area (Å²) >= 11 is 0. The molecule has 0 aliphatic rings. The van der Waals surface area contributed by atoms with Crippen molar-refractivity contribution in [1.82, 2.24) is 10.3 Å². The second-order valence-corrected chi connectivity index (χ2v) is 2.84. The van der Waals surface area contributed by atoms with Gasteiger partial charge < -0.3 is 10.0 Å². The van der Waals surface area contributed by atoms with Crippen LogP contribution in [0.1, 0.15) is 26.7 Å². The summed E-state index contributed by atoms with van der Waals surface area (Å²) in [6.07, 6.45) is 1.73. The first-order chi connectivity index (χ1) is 6.21. The molecule has 0 rings (SSSR count). The molecule has 0 heterocycles. The predicted octanol–water partition coefficient (Wildman–Crippen LogP) is 0.0526. The molecule has 4 N–H and O–H groups in total. The van der Waals surface area contributed by atoms with E-state index < -0.39 is 0 Å². The van der Waals surface area contributed by atoms with Crippen molar-refractivity contribution in [3.05, 3.63) is 0 Å². The minimum atomic E-state index is -0.331. The number of hydrogen-bond donors (Lipinski definition) is 3. The highest BCUT2D eigenvalue weighted by molar-refractivity contribution is 5.73. The molecule has 78 valence electrons. The molecule has 13 heavy (non-hydrogen) atoms. The second kappa shape index (κ2) is 6.68. The number of aliphatic hydroxyl groups excluding tert-OH is 1. The van der Waals surface area contributed by atoms with E-state index in [1.807, 2.05) is 13.8 Å². The maximum atomic E-state index is 11.2. The molecule has 0 aromatic carbocycles. The van der Waals surface area contributed by atoms with E-state index in [1.54, 1.807) is 4.90 Å². The molecule has 0 spiro atoms. The Kier molecular flexibility index (Phi) is 6.26. The van der Waals surface area contributed by atoms with Crippen LogP contribution in [-0.2, 0) is 0 Å². The SMILES string of the molecule is CCC(CC)N(CCO)C(=O)NN. The lowest BCUT2D eigenvalue weighted by molar-refractivity contribution is 0.148. The number of aliphatic hydroxyl groups is 1. The highest BCUT2D eigenvalue weighted by Crippen LogP contribution is 2.07. The Morgan fingerprint density at radius 3 is 2.38 bits per heavy atom. The van der Waals surface area contributed by atoms with Crippen LogP contribution in [0.3, 0.4) is 0 Å². The quantitative estimate of drug-likeness (QED) is 0.325. The number of hydrogen-bond acceptors (Lipinski definition) is 3. The molecule has 0 saturated carbocycles. The minimum absolute atomic E-state index is 0.0378. The number of carbonyl (C=O) groups excluding carboxylic acids is 1. The van der Waals surface area contributed by atoms with Gasteiger partial charge in [-0.3, -0.25) is 5.43 Å². The van der Waals surface area contributed by atoms with Crippen LogP contribution in [0.15, 0.2) is 0 Å². The summed E-state index contributed by atoms with van der Waals surface area (Å²) < 4.78 is 0. The minimum Gasteiger partial charge on any atom is -0.395 e. The van der Waals surface area contributed by atoms with Gasteiger partial charge in [-0.15, -0.1) is 0 Å². The third kappa shape index (κ3) is 3.61. The van der Waals surface area contributed by atoms with E-state index in [0.717, 1.165) is 12.8 Å². The average molecular weight is 189 g/mol. The van der Waals surface area contributed by atoms with E-state index in [0.29, 0.717) is 6.54 Å². The summed E-state index contributed by atoms with van der Waals surface area (Å²) in [6.45, 7) is 4.30. The van der Waals surface area contributed by atoms with E-state index >= 15 is 0 Å². The fourth-order valence-corrected chi connectivity index (χ4v) is 1.37. The summed E-state index contributed by atoms with van der Waals surface area (Å²) in [4.78, 5) is 12.8. The van der Waals surface area contributed by atoms with Gasteiger partial charge in [0.25, 0.3) is 0 Å². The molecule has 0 radical (unpaired) electrons. The van der Waals surface area contributed by atoms with Gasteiger partial charge in [-0.2, -0.15) is 0 Å². The zero-order valence-electron chi connectivity index (χ0n) is 8.29. The summed E-state index contributed by atoms with van der Waals surface area (Å²) in [5.74, 6) is 5.03. The van der Waals surface area contributed by atoms with Gasteiger partial charge in [-0.1, -0.05) is 13.8 Å². The van der Waals surface area contributed by atoms with Gasteiger partial charge >= 0.3 is 6.03 Å². The van der Waals surface area contributed by atoms with Gasteiger partial charge in [-0.05, 0) is 12.8 Å². The monoisotopic (exact) mass is 189 g/mol. The van der Waals surface area contributed by atoms with Crippen LogP contribution >= 0.6 is 0 Å². The number of hydrazine groups is 1. The maximum Gasteiger partial charge on any atom is 0.331 e. The van der Waals surface area contributed by atoms with Crippen LogP contribution in [-0.4, -0.2) is 35.2 Å². The smallest absolute Gasteiger partial charge is 0.331 e. The van der Waals surface area contributed by atoms with Crippen LogP contribution < -0.4 is 11.3 Å². The summed E-state index contributed by atoms with van der Waals surface area (Å²) in [5, 5.41) is 8.76. The fourth-order valence-electron chi connectivity index (χ4n) is 1.37. The maximum absolute atomic E-state index is 11.2. The Balaban J connectivity index is 4.28. The normalized spacial score (nSPS) is 10.2. The molecular formula is C8H19N3O2. The molecule has 0 atom stereocenters. The molecule has 0 unspecified atom stereocenters. The Morgan fingerprint density at radius 2 is 2.08 bits per heavy atom. The van der Waals surface area contributed by atoms with E-state index in [4.69, 9.17) is 10.9 Å². The van der Waals surface area contributed by atoms with Crippen molar-refractivity contribution in [3.8, 4) is 0 Å². The lowest BCUT2D eigenvalue weighted by atomic mass is 10.1. The number of rotatable bonds is 5. The number of amides is 2. The van der Waals surface area contributed by atoms with Crippen molar-refractivity contribution in [2.24, 2.45) is 5.84 Å². The van der Waals surface area contributed by atoms with Crippen molar-refractivity contribution in [3.63, 3.8) is 0 Å². The zero-order valence-corrected chi connectivity index (χ0v) is 8.29. The van der Waals surface area contributed by atoms with Crippen LogP contribution in [0.5, 0.6) is 0 Å². The first-order valence-corrected chi connectivity index (χ1v) is 4.59. The van der Waals surface area contributed by atoms with E-state index in [1.165, 1.54) is 0 Å². The lowest BCUT2D eigenvalue weighted by Crippen LogP contribution is -2.49. The largest absolute Gasteiger partial charge is 0.395 e. The number of carbonyl (C=O) groups is 1. The van der Waals surface area contributed by atoms with Crippen LogP contribution in [0.2, 0.25) is 0 Å². The molecule has 0 aliphatic heterocycles. The highest BCUT2D eigenvalue weighted by Gasteiger charge is 2.19. The fraction of sp³-hybridized carbons (Fsp3) is 0.875. The van der Waals surface area contributed by atoms with Gasteiger partial charge in [-0.25, -0.2) is 10.6 Å². The Bertz CT molecular complexity index is 148. The molecular weight excluding hydrogens is 170 g/mol. The van der Waals surface area contributed by atoms with Crippen LogP contribution in [0.4, 0.5) is 4.79 Å². The molecule has 5 heteroatoms.